The highest BCUT2D eigenvalue weighted by atomic mass is 79.9. The maximum Gasteiger partial charge on any atom is 0.143 e. The second-order valence-corrected chi connectivity index (χ2v) is 5.88. The molecule has 1 heterocycles. The summed E-state index contributed by atoms with van der Waals surface area (Å²) in [5.41, 5.74) is 6.19. The molecule has 0 amide bonds. The Morgan fingerprint density at radius 3 is 2.82 bits per heavy atom. The number of nitrogens with zero attached hydrogens (tertiary/aromatic N) is 2. The number of hydrogen-bond acceptors (Lipinski definition) is 3. The molecule has 0 saturated heterocycles. The summed E-state index contributed by atoms with van der Waals surface area (Å²) in [5, 5.41) is 0.641. The molecule has 2 rings (SSSR count). The minimum atomic E-state index is 0.234. The Balaban J connectivity index is 2.20. The van der Waals surface area contributed by atoms with Crippen LogP contribution in [0.2, 0.25) is 5.02 Å². The lowest BCUT2D eigenvalue weighted by Gasteiger charge is -2.37. The highest BCUT2D eigenvalue weighted by molar-refractivity contribution is 9.10. The van der Waals surface area contributed by atoms with E-state index in [1.807, 2.05) is 6.07 Å². The van der Waals surface area contributed by atoms with Gasteiger partial charge in [0.1, 0.15) is 5.82 Å². The molecule has 2 atom stereocenters. The van der Waals surface area contributed by atoms with Crippen molar-refractivity contribution in [1.29, 1.82) is 0 Å². The Morgan fingerprint density at radius 1 is 1.47 bits per heavy atom. The molecule has 3 nitrogen and oxygen atoms in total. The van der Waals surface area contributed by atoms with E-state index >= 15 is 0 Å². The molecule has 0 aromatic carbocycles. The van der Waals surface area contributed by atoms with E-state index in [1.165, 1.54) is 12.8 Å². The number of pyridine rings is 1. The average Bonchev–Trinajstić information content (AvgIpc) is 2.29. The summed E-state index contributed by atoms with van der Waals surface area (Å²) >= 11 is 9.41. The third kappa shape index (κ3) is 2.92. The minimum absolute atomic E-state index is 0.234. The molecule has 1 saturated carbocycles. The van der Waals surface area contributed by atoms with Crippen LogP contribution >= 0.6 is 27.5 Å². The van der Waals surface area contributed by atoms with Gasteiger partial charge in [-0.1, -0.05) is 24.4 Å². The highest BCUT2D eigenvalue weighted by Gasteiger charge is 2.27. The van der Waals surface area contributed by atoms with Gasteiger partial charge in [-0.25, -0.2) is 4.98 Å². The van der Waals surface area contributed by atoms with Gasteiger partial charge in [-0.2, -0.15) is 0 Å². The monoisotopic (exact) mass is 317 g/mol. The molecule has 5 heteroatoms. The van der Waals surface area contributed by atoms with Crippen LogP contribution in [0.5, 0.6) is 0 Å². The van der Waals surface area contributed by atoms with E-state index in [-0.39, 0.29) is 6.04 Å². The molecule has 0 radical (unpaired) electrons. The van der Waals surface area contributed by atoms with Gasteiger partial charge >= 0.3 is 0 Å². The zero-order chi connectivity index (χ0) is 12.4. The summed E-state index contributed by atoms with van der Waals surface area (Å²) in [4.78, 5) is 6.55. The molecular weight excluding hydrogens is 302 g/mol. The second kappa shape index (κ2) is 5.55. The second-order valence-electron chi connectivity index (χ2n) is 4.59. The van der Waals surface area contributed by atoms with Crippen molar-refractivity contribution in [2.24, 2.45) is 5.73 Å². The van der Waals surface area contributed by atoms with Crippen LogP contribution in [0.3, 0.4) is 0 Å². The quantitative estimate of drug-likeness (QED) is 0.910. The van der Waals surface area contributed by atoms with Crippen molar-refractivity contribution in [2.45, 2.75) is 37.8 Å². The lowest BCUT2D eigenvalue weighted by Crippen LogP contribution is -2.48. The summed E-state index contributed by atoms with van der Waals surface area (Å²) in [6.45, 7) is 0. The van der Waals surface area contributed by atoms with E-state index in [1.54, 1.807) is 6.20 Å². The Morgan fingerprint density at radius 2 is 2.18 bits per heavy atom. The normalized spacial score (nSPS) is 24.7. The third-order valence-electron chi connectivity index (χ3n) is 3.40. The predicted octanol–water partition coefficient (Wildman–Crippen LogP) is 3.20. The SMILES string of the molecule is CN(c1ncc(Cl)cc1Br)C1CCCCC1N. The van der Waals surface area contributed by atoms with E-state index in [9.17, 15) is 0 Å². The van der Waals surface area contributed by atoms with Crippen molar-refractivity contribution in [3.8, 4) is 0 Å². The zero-order valence-corrected chi connectivity index (χ0v) is 12.2. The Hall–Kier alpha value is -0.320. The Kier molecular flexibility index (Phi) is 4.28. The van der Waals surface area contributed by atoms with E-state index in [2.05, 4.69) is 32.9 Å². The molecule has 94 valence electrons. The van der Waals surface area contributed by atoms with Crippen molar-refractivity contribution in [3.63, 3.8) is 0 Å². The predicted molar refractivity (Wildman–Crippen MR) is 75.6 cm³/mol. The first-order chi connectivity index (χ1) is 8.09. The summed E-state index contributed by atoms with van der Waals surface area (Å²) in [6, 6.07) is 2.47. The van der Waals surface area contributed by atoms with Crippen LogP contribution in [0, 0.1) is 0 Å². The van der Waals surface area contributed by atoms with Crippen molar-refractivity contribution in [3.05, 3.63) is 21.8 Å². The number of anilines is 1. The zero-order valence-electron chi connectivity index (χ0n) is 9.87. The van der Waals surface area contributed by atoms with Crippen LogP contribution in [-0.2, 0) is 0 Å². The third-order valence-corrected chi connectivity index (χ3v) is 4.19. The molecule has 1 aliphatic carbocycles. The van der Waals surface area contributed by atoms with E-state index in [0.717, 1.165) is 23.1 Å². The number of nitrogens with two attached hydrogens (primary N) is 1. The fourth-order valence-electron chi connectivity index (χ4n) is 2.44. The minimum Gasteiger partial charge on any atom is -0.354 e. The molecular formula is C12H17BrClN3. The number of halogens is 2. The number of hydrogen-bond donors (Lipinski definition) is 1. The molecule has 17 heavy (non-hydrogen) atoms. The lowest BCUT2D eigenvalue weighted by atomic mass is 9.90. The van der Waals surface area contributed by atoms with Gasteiger partial charge in [0.25, 0.3) is 0 Å². The summed E-state index contributed by atoms with van der Waals surface area (Å²) in [6.07, 6.45) is 6.38. The molecule has 2 unspecified atom stereocenters. The van der Waals surface area contributed by atoms with Crippen LogP contribution in [-0.4, -0.2) is 24.1 Å². The van der Waals surface area contributed by atoms with Gasteiger partial charge in [0.05, 0.1) is 9.50 Å². The van der Waals surface area contributed by atoms with Crippen molar-refractivity contribution in [2.75, 3.05) is 11.9 Å². The molecule has 1 fully saturated rings. The molecule has 2 N–H and O–H groups in total. The van der Waals surface area contributed by atoms with Crippen LogP contribution in [0.25, 0.3) is 0 Å². The first-order valence-corrected chi connectivity index (χ1v) is 7.06. The van der Waals surface area contributed by atoms with E-state index in [4.69, 9.17) is 17.3 Å². The Bertz CT molecular complexity index is 399. The molecule has 0 bridgehead atoms. The van der Waals surface area contributed by atoms with Gasteiger partial charge < -0.3 is 10.6 Å². The summed E-state index contributed by atoms with van der Waals surface area (Å²) in [5.74, 6) is 0.914. The number of aromatic nitrogens is 1. The Labute approximate surface area is 115 Å². The molecule has 1 aromatic heterocycles. The van der Waals surface area contributed by atoms with E-state index in [0.29, 0.717) is 11.1 Å². The van der Waals surface area contributed by atoms with Gasteiger partial charge in [0.15, 0.2) is 0 Å². The standard InChI is InChI=1S/C12H17BrClN3/c1-17(11-5-3-2-4-10(11)15)12-9(13)6-8(14)7-16-12/h6-7,10-11H,2-5,15H2,1H3. The van der Waals surface area contributed by atoms with Crippen molar-refractivity contribution in [1.82, 2.24) is 4.98 Å². The first-order valence-electron chi connectivity index (χ1n) is 5.89. The van der Waals surface area contributed by atoms with Crippen LogP contribution in [0.4, 0.5) is 5.82 Å². The molecule has 1 aliphatic rings. The van der Waals surface area contributed by atoms with Crippen LogP contribution in [0.1, 0.15) is 25.7 Å². The first kappa shape index (κ1) is 13.1. The maximum atomic E-state index is 6.19. The lowest BCUT2D eigenvalue weighted by molar-refractivity contribution is 0.372. The van der Waals surface area contributed by atoms with Gasteiger partial charge in [-0.15, -0.1) is 0 Å². The fourth-order valence-corrected chi connectivity index (χ4v) is 3.36. The molecule has 1 aromatic rings. The molecule has 0 spiro atoms. The topological polar surface area (TPSA) is 42.2 Å². The smallest absolute Gasteiger partial charge is 0.143 e. The summed E-state index contributed by atoms with van der Waals surface area (Å²) in [7, 11) is 2.05. The van der Waals surface area contributed by atoms with Gasteiger partial charge in [0.2, 0.25) is 0 Å². The van der Waals surface area contributed by atoms with Crippen molar-refractivity contribution >= 4 is 33.3 Å². The summed E-state index contributed by atoms with van der Waals surface area (Å²) < 4.78 is 0.922. The maximum absolute atomic E-state index is 6.19. The fraction of sp³-hybridized carbons (Fsp3) is 0.583. The average molecular weight is 319 g/mol. The van der Waals surface area contributed by atoms with E-state index < -0.39 is 0 Å². The van der Waals surface area contributed by atoms with Crippen LogP contribution in [0.15, 0.2) is 16.7 Å². The molecule has 0 aliphatic heterocycles. The van der Waals surface area contributed by atoms with Gasteiger partial charge in [-0.05, 0) is 34.8 Å². The highest BCUT2D eigenvalue weighted by Crippen LogP contribution is 2.30. The van der Waals surface area contributed by atoms with Gasteiger partial charge in [0, 0.05) is 25.3 Å². The van der Waals surface area contributed by atoms with Crippen LogP contribution < -0.4 is 10.6 Å². The largest absolute Gasteiger partial charge is 0.354 e. The number of rotatable bonds is 2. The van der Waals surface area contributed by atoms with Gasteiger partial charge in [-0.3, -0.25) is 0 Å². The number of likely N-dealkylation sites (N-methyl/N-ethyl adjacent to an activating group) is 1. The van der Waals surface area contributed by atoms with Crippen molar-refractivity contribution < 1.29 is 0 Å².